The lowest BCUT2D eigenvalue weighted by Crippen LogP contribution is -2.11. The molecule has 0 aliphatic rings. The van der Waals surface area contributed by atoms with Gasteiger partial charge in [0, 0.05) is 11.3 Å². The van der Waals surface area contributed by atoms with Crippen molar-refractivity contribution < 1.29 is 19.2 Å². The first-order chi connectivity index (χ1) is 13.5. The number of thioether (sulfide) groups is 1. The highest BCUT2D eigenvalue weighted by atomic mass is 32.2. The first-order valence-corrected chi connectivity index (χ1v) is 9.57. The number of aryl methyl sites for hydroxylation is 2. The number of aromatic nitrogens is 3. The molecule has 0 amide bonds. The van der Waals surface area contributed by atoms with Crippen molar-refractivity contribution in [3.8, 4) is 6.07 Å². The molecule has 0 radical (unpaired) electrons. The van der Waals surface area contributed by atoms with Gasteiger partial charge < -0.3 is 19.4 Å². The molecule has 0 saturated heterocycles. The Morgan fingerprint density at radius 2 is 2.18 bits per heavy atom. The fourth-order valence-electron chi connectivity index (χ4n) is 2.53. The molecule has 28 heavy (non-hydrogen) atoms. The molecule has 0 bridgehead atoms. The van der Waals surface area contributed by atoms with E-state index < -0.39 is 12.6 Å². The van der Waals surface area contributed by atoms with Crippen LogP contribution in [0.3, 0.4) is 0 Å². The van der Waals surface area contributed by atoms with Crippen LogP contribution in [0.15, 0.2) is 34.5 Å². The molecule has 3 rings (SSSR count). The van der Waals surface area contributed by atoms with Crippen molar-refractivity contribution in [1.29, 1.82) is 5.26 Å². The van der Waals surface area contributed by atoms with E-state index in [1.54, 1.807) is 6.07 Å². The number of hydrogen-bond donors (Lipinski definition) is 2. The number of nitriles is 1. The zero-order chi connectivity index (χ0) is 20.1. The van der Waals surface area contributed by atoms with Gasteiger partial charge in [-0.15, -0.1) is 11.8 Å². The van der Waals surface area contributed by atoms with Gasteiger partial charge in [0.05, 0.1) is 22.5 Å². The number of esters is 1. The van der Waals surface area contributed by atoms with Crippen LogP contribution in [0.2, 0.25) is 0 Å². The maximum absolute atomic E-state index is 11.9. The number of hydrogen-bond acceptors (Lipinski definition) is 8. The van der Waals surface area contributed by atoms with Gasteiger partial charge in [-0.05, 0) is 26.0 Å². The normalized spacial score (nSPS) is 11.9. The van der Waals surface area contributed by atoms with E-state index in [1.165, 1.54) is 11.8 Å². The number of imidazole rings is 1. The van der Waals surface area contributed by atoms with E-state index in [9.17, 15) is 15.2 Å². The van der Waals surface area contributed by atoms with Crippen LogP contribution in [0.5, 0.6) is 0 Å². The molecule has 0 unspecified atom stereocenters. The first-order valence-electron chi connectivity index (χ1n) is 8.42. The fourth-order valence-corrected chi connectivity index (χ4v) is 3.50. The lowest BCUT2D eigenvalue weighted by Gasteiger charge is -2.05. The lowest BCUT2D eigenvalue weighted by atomic mass is 10.2. The van der Waals surface area contributed by atoms with Crippen LogP contribution in [0.1, 0.15) is 22.8 Å². The van der Waals surface area contributed by atoms with Gasteiger partial charge in [0.2, 0.25) is 0 Å². The molecule has 144 valence electrons. The molecule has 0 aliphatic carbocycles. The number of benzene rings is 1. The van der Waals surface area contributed by atoms with E-state index in [1.807, 2.05) is 38.1 Å². The molecular formula is C19H18N4O4S. The number of para-hydroxylation sites is 2. The number of H-pyrrole nitrogens is 1. The van der Waals surface area contributed by atoms with E-state index in [0.717, 1.165) is 22.5 Å². The lowest BCUT2D eigenvalue weighted by molar-refractivity contribution is -0.140. The quantitative estimate of drug-likeness (QED) is 0.352. The van der Waals surface area contributed by atoms with Gasteiger partial charge in [0.25, 0.3) is 0 Å². The summed E-state index contributed by atoms with van der Waals surface area (Å²) in [5.74, 6) is 0.772. The van der Waals surface area contributed by atoms with Crippen LogP contribution < -0.4 is 0 Å². The number of aliphatic hydroxyl groups excluding tert-OH is 1. The van der Waals surface area contributed by atoms with Crippen LogP contribution in [-0.2, 0) is 15.3 Å². The molecule has 0 fully saturated rings. The number of aromatic amines is 1. The largest absolute Gasteiger partial charge is 0.507 e. The van der Waals surface area contributed by atoms with E-state index >= 15 is 0 Å². The predicted octanol–water partition coefficient (Wildman–Crippen LogP) is 3.44. The minimum Gasteiger partial charge on any atom is -0.507 e. The Balaban J connectivity index is 1.57. The van der Waals surface area contributed by atoms with Gasteiger partial charge >= 0.3 is 5.97 Å². The van der Waals surface area contributed by atoms with Gasteiger partial charge in [0.1, 0.15) is 24.0 Å². The molecule has 8 nitrogen and oxygen atoms in total. The maximum atomic E-state index is 11.9. The molecular weight excluding hydrogens is 380 g/mol. The summed E-state index contributed by atoms with van der Waals surface area (Å²) in [6.45, 7) is 3.26. The number of nitrogens with zero attached hydrogens (tertiary/aromatic N) is 3. The Kier molecular flexibility index (Phi) is 6.01. The summed E-state index contributed by atoms with van der Waals surface area (Å²) in [4.78, 5) is 19.1. The minimum absolute atomic E-state index is 0.0626. The van der Waals surface area contributed by atoms with Crippen LogP contribution in [0, 0.1) is 25.2 Å². The Bertz CT molecular complexity index is 1020. The molecule has 9 heteroatoms. The second kappa shape index (κ2) is 8.63. The maximum Gasteiger partial charge on any atom is 0.316 e. The summed E-state index contributed by atoms with van der Waals surface area (Å²) in [5.41, 5.74) is 3.10. The first kappa shape index (κ1) is 19.5. The molecule has 0 aliphatic heterocycles. The van der Waals surface area contributed by atoms with Crippen molar-refractivity contribution >= 4 is 34.3 Å². The second-order valence-electron chi connectivity index (χ2n) is 5.99. The monoisotopic (exact) mass is 398 g/mol. The Hall–Kier alpha value is -3.25. The third-order valence-electron chi connectivity index (χ3n) is 4.04. The third kappa shape index (κ3) is 4.35. The fraction of sp³-hybridized carbons (Fsp3) is 0.263. The predicted molar refractivity (Wildman–Crippen MR) is 104 cm³/mol. The highest BCUT2D eigenvalue weighted by Crippen LogP contribution is 2.20. The standard InChI is InChI=1S/C19H18N4O4S/c1-11-14(12(2)27-23-11)9-28-10-18(25)26-8-17(24)13(7-20)19-21-15-5-3-4-6-16(15)22-19/h3-6,24H,8-10H2,1-2H3,(H,21,22)/b17-13-. The molecule has 0 atom stereocenters. The van der Waals surface area contributed by atoms with Gasteiger partial charge in [-0.3, -0.25) is 4.79 Å². The molecule has 2 aromatic heterocycles. The highest BCUT2D eigenvalue weighted by Gasteiger charge is 2.15. The van der Waals surface area contributed by atoms with Crippen LogP contribution >= 0.6 is 11.8 Å². The number of carbonyl (C=O) groups excluding carboxylic acids is 1. The zero-order valence-electron chi connectivity index (χ0n) is 15.4. The summed E-state index contributed by atoms with van der Waals surface area (Å²) in [6.07, 6.45) is 0. The van der Waals surface area contributed by atoms with Crippen molar-refractivity contribution in [2.75, 3.05) is 12.4 Å². The van der Waals surface area contributed by atoms with E-state index in [0.29, 0.717) is 11.3 Å². The summed E-state index contributed by atoms with van der Waals surface area (Å²) < 4.78 is 10.1. The number of allylic oxidation sites excluding steroid dienone is 1. The van der Waals surface area contributed by atoms with Crippen LogP contribution in [0.4, 0.5) is 0 Å². The summed E-state index contributed by atoms with van der Waals surface area (Å²) >= 11 is 1.36. The topological polar surface area (TPSA) is 125 Å². The molecule has 2 N–H and O–H groups in total. The average Bonchev–Trinajstić information content (AvgIpc) is 3.24. The van der Waals surface area contributed by atoms with Crippen molar-refractivity contribution in [1.82, 2.24) is 15.1 Å². The van der Waals surface area contributed by atoms with Crippen molar-refractivity contribution in [2.24, 2.45) is 0 Å². The molecule has 0 spiro atoms. The van der Waals surface area contributed by atoms with Crippen LogP contribution in [-0.4, -0.2) is 38.6 Å². The van der Waals surface area contributed by atoms with Crippen molar-refractivity contribution in [2.45, 2.75) is 19.6 Å². The highest BCUT2D eigenvalue weighted by molar-refractivity contribution is 7.99. The Morgan fingerprint density at radius 1 is 1.39 bits per heavy atom. The van der Waals surface area contributed by atoms with Crippen molar-refractivity contribution in [3.63, 3.8) is 0 Å². The zero-order valence-corrected chi connectivity index (χ0v) is 16.2. The second-order valence-corrected chi connectivity index (χ2v) is 6.98. The number of aliphatic hydroxyl groups is 1. The molecule has 0 saturated carbocycles. The number of fused-ring (bicyclic) bond motifs is 1. The summed E-state index contributed by atoms with van der Waals surface area (Å²) in [7, 11) is 0. The van der Waals surface area contributed by atoms with E-state index in [-0.39, 0.29) is 22.9 Å². The average molecular weight is 398 g/mol. The molecule has 1 aromatic carbocycles. The number of carbonyl (C=O) groups is 1. The number of nitrogens with one attached hydrogen (secondary N) is 1. The SMILES string of the molecule is Cc1noc(C)c1CSCC(=O)OC/C(O)=C(\C#N)c1nc2ccccc2[nH]1. The van der Waals surface area contributed by atoms with Gasteiger partial charge in [0.15, 0.2) is 11.6 Å². The Labute approximate surface area is 165 Å². The van der Waals surface area contributed by atoms with Gasteiger partial charge in [-0.25, -0.2) is 4.98 Å². The van der Waals surface area contributed by atoms with Crippen LogP contribution in [0.25, 0.3) is 16.6 Å². The molecule has 3 aromatic rings. The van der Waals surface area contributed by atoms with Crippen molar-refractivity contribution in [3.05, 3.63) is 52.9 Å². The Morgan fingerprint density at radius 3 is 2.86 bits per heavy atom. The van der Waals surface area contributed by atoms with Gasteiger partial charge in [-0.2, -0.15) is 5.26 Å². The molecule has 2 heterocycles. The third-order valence-corrected chi connectivity index (χ3v) is 4.98. The minimum atomic E-state index is -0.495. The van der Waals surface area contributed by atoms with Gasteiger partial charge in [-0.1, -0.05) is 17.3 Å². The summed E-state index contributed by atoms with van der Waals surface area (Å²) in [6, 6.07) is 9.16. The number of ether oxygens (including phenoxy) is 1. The summed E-state index contributed by atoms with van der Waals surface area (Å²) in [5, 5.41) is 23.4. The van der Waals surface area contributed by atoms with E-state index in [2.05, 4.69) is 15.1 Å². The van der Waals surface area contributed by atoms with E-state index in [4.69, 9.17) is 9.26 Å². The smallest absolute Gasteiger partial charge is 0.316 e. The number of rotatable bonds is 7.